The van der Waals surface area contributed by atoms with Gasteiger partial charge in [0, 0.05) is 5.56 Å². The maximum atomic E-state index is 11.8. The van der Waals surface area contributed by atoms with E-state index in [1.807, 2.05) is 42.5 Å². The summed E-state index contributed by atoms with van der Waals surface area (Å²) in [6.45, 7) is 3.92. The summed E-state index contributed by atoms with van der Waals surface area (Å²) in [7, 11) is 0. The first-order valence-electron chi connectivity index (χ1n) is 9.74. The summed E-state index contributed by atoms with van der Waals surface area (Å²) in [5.41, 5.74) is 11.4. The molecule has 0 spiro atoms. The molecule has 0 bridgehead atoms. The van der Waals surface area contributed by atoms with E-state index in [1.54, 1.807) is 13.0 Å². The standard InChI is InChI=1S/C24H25NO4/c1-3-17-19(13-16-9-6-5-7-10-16)18-11-8-12-21(29-15-23(27)28-4-2)24(18)20(17)14-22(25)26/h5-13H,3-4,14-15H2,1-2H3,(H2,25,26). The maximum absolute atomic E-state index is 11.8. The van der Waals surface area contributed by atoms with Crippen LogP contribution >= 0.6 is 0 Å². The average molecular weight is 391 g/mol. The van der Waals surface area contributed by atoms with Crippen LogP contribution in [0.2, 0.25) is 0 Å². The number of hydrogen-bond donors (Lipinski definition) is 1. The van der Waals surface area contributed by atoms with Crippen LogP contribution in [0.15, 0.2) is 54.1 Å². The number of rotatable bonds is 8. The fourth-order valence-corrected chi connectivity index (χ4v) is 3.66. The molecule has 0 fully saturated rings. The van der Waals surface area contributed by atoms with Gasteiger partial charge in [0.05, 0.1) is 13.0 Å². The quantitative estimate of drug-likeness (QED) is 0.683. The van der Waals surface area contributed by atoms with Crippen molar-refractivity contribution >= 4 is 29.1 Å². The van der Waals surface area contributed by atoms with E-state index in [0.717, 1.165) is 39.8 Å². The molecule has 29 heavy (non-hydrogen) atoms. The lowest BCUT2D eigenvalue weighted by Gasteiger charge is -2.13. The number of fused-ring (bicyclic) bond motifs is 1. The smallest absolute Gasteiger partial charge is 0.344 e. The Bertz CT molecular complexity index is 974. The number of amides is 1. The van der Waals surface area contributed by atoms with E-state index in [0.29, 0.717) is 12.4 Å². The molecule has 3 rings (SSSR count). The molecule has 0 radical (unpaired) electrons. The van der Waals surface area contributed by atoms with Gasteiger partial charge in [0.15, 0.2) is 6.61 Å². The molecular formula is C24H25NO4. The summed E-state index contributed by atoms with van der Waals surface area (Å²) < 4.78 is 10.7. The Labute approximate surface area is 170 Å². The van der Waals surface area contributed by atoms with Crippen LogP contribution in [0.1, 0.15) is 43.4 Å². The zero-order valence-corrected chi connectivity index (χ0v) is 16.7. The number of benzene rings is 2. The second-order valence-corrected chi connectivity index (χ2v) is 6.69. The molecule has 150 valence electrons. The molecule has 1 aliphatic rings. The first-order chi connectivity index (χ1) is 14.0. The van der Waals surface area contributed by atoms with Crippen molar-refractivity contribution in [1.29, 1.82) is 0 Å². The number of nitrogens with two attached hydrogens (primary N) is 1. The molecule has 2 aromatic carbocycles. The van der Waals surface area contributed by atoms with Gasteiger partial charge in [-0.15, -0.1) is 0 Å². The van der Waals surface area contributed by atoms with Crippen molar-refractivity contribution in [2.24, 2.45) is 5.73 Å². The second kappa shape index (κ2) is 9.24. The highest BCUT2D eigenvalue weighted by molar-refractivity contribution is 6.09. The largest absolute Gasteiger partial charge is 0.481 e. The topological polar surface area (TPSA) is 78.6 Å². The normalized spacial score (nSPS) is 14.1. The van der Waals surface area contributed by atoms with Crippen LogP contribution in [0.25, 0.3) is 17.2 Å². The van der Waals surface area contributed by atoms with Gasteiger partial charge >= 0.3 is 5.97 Å². The second-order valence-electron chi connectivity index (χ2n) is 6.69. The number of primary amides is 1. The van der Waals surface area contributed by atoms with Crippen LogP contribution in [0.3, 0.4) is 0 Å². The zero-order valence-electron chi connectivity index (χ0n) is 16.7. The van der Waals surface area contributed by atoms with Crippen molar-refractivity contribution in [1.82, 2.24) is 0 Å². The van der Waals surface area contributed by atoms with Crippen molar-refractivity contribution in [2.75, 3.05) is 13.2 Å². The Morgan fingerprint density at radius 1 is 1.00 bits per heavy atom. The van der Waals surface area contributed by atoms with E-state index in [4.69, 9.17) is 15.2 Å². The third-order valence-corrected chi connectivity index (χ3v) is 4.77. The minimum atomic E-state index is -0.431. The van der Waals surface area contributed by atoms with E-state index in [9.17, 15) is 9.59 Å². The summed E-state index contributed by atoms with van der Waals surface area (Å²) in [4.78, 5) is 23.6. The van der Waals surface area contributed by atoms with Gasteiger partial charge in [-0.05, 0) is 53.3 Å². The highest BCUT2D eigenvalue weighted by Gasteiger charge is 2.29. The highest BCUT2D eigenvalue weighted by atomic mass is 16.6. The minimum absolute atomic E-state index is 0.113. The summed E-state index contributed by atoms with van der Waals surface area (Å²) in [5.74, 6) is -0.286. The first-order valence-corrected chi connectivity index (χ1v) is 9.74. The van der Waals surface area contributed by atoms with Crippen molar-refractivity contribution < 1.29 is 19.1 Å². The minimum Gasteiger partial charge on any atom is -0.481 e. The van der Waals surface area contributed by atoms with Crippen LogP contribution in [0, 0.1) is 0 Å². The SMILES string of the molecule is CCOC(=O)COc1cccc2c1C(CC(N)=O)=C(CC)C2=Cc1ccccc1. The van der Waals surface area contributed by atoms with E-state index >= 15 is 0 Å². The van der Waals surface area contributed by atoms with E-state index in [2.05, 4.69) is 13.0 Å². The van der Waals surface area contributed by atoms with E-state index in [1.165, 1.54) is 0 Å². The number of esters is 1. The molecule has 0 heterocycles. The first kappa shape index (κ1) is 20.4. The molecule has 0 saturated heterocycles. The van der Waals surface area contributed by atoms with Crippen molar-refractivity contribution in [3.05, 3.63) is 70.8 Å². The third-order valence-electron chi connectivity index (χ3n) is 4.77. The Kier molecular flexibility index (Phi) is 6.50. The highest BCUT2D eigenvalue weighted by Crippen LogP contribution is 2.48. The fraction of sp³-hybridized carbons (Fsp3) is 0.250. The molecule has 5 nitrogen and oxygen atoms in total. The zero-order chi connectivity index (χ0) is 20.8. The Balaban J connectivity index is 2.10. The van der Waals surface area contributed by atoms with Gasteiger partial charge in [-0.25, -0.2) is 4.79 Å². The third kappa shape index (κ3) is 4.57. The van der Waals surface area contributed by atoms with Crippen molar-refractivity contribution in [2.45, 2.75) is 26.7 Å². The molecule has 0 aliphatic heterocycles. The van der Waals surface area contributed by atoms with E-state index in [-0.39, 0.29) is 13.0 Å². The van der Waals surface area contributed by atoms with Gasteiger partial charge in [-0.3, -0.25) is 4.79 Å². The van der Waals surface area contributed by atoms with Crippen LogP contribution in [-0.2, 0) is 14.3 Å². The molecular weight excluding hydrogens is 366 g/mol. The summed E-state index contributed by atoms with van der Waals surface area (Å²) in [6, 6.07) is 15.7. The Hall–Kier alpha value is -3.34. The molecule has 0 unspecified atom stereocenters. The van der Waals surface area contributed by atoms with Gasteiger partial charge in [-0.2, -0.15) is 0 Å². The van der Waals surface area contributed by atoms with Crippen LogP contribution in [-0.4, -0.2) is 25.1 Å². The maximum Gasteiger partial charge on any atom is 0.344 e. The van der Waals surface area contributed by atoms with Gasteiger partial charge in [0.2, 0.25) is 5.91 Å². The predicted molar refractivity (Wildman–Crippen MR) is 114 cm³/mol. The van der Waals surface area contributed by atoms with Crippen LogP contribution in [0.5, 0.6) is 5.75 Å². The van der Waals surface area contributed by atoms with Crippen LogP contribution < -0.4 is 10.5 Å². The van der Waals surface area contributed by atoms with Crippen molar-refractivity contribution in [3.8, 4) is 5.75 Å². The lowest BCUT2D eigenvalue weighted by Crippen LogP contribution is -2.15. The molecule has 0 aromatic heterocycles. The number of hydrogen-bond acceptors (Lipinski definition) is 4. The fourth-order valence-electron chi connectivity index (χ4n) is 3.66. The molecule has 2 N–H and O–H groups in total. The van der Waals surface area contributed by atoms with Crippen molar-refractivity contribution in [3.63, 3.8) is 0 Å². The lowest BCUT2D eigenvalue weighted by molar-refractivity contribution is -0.145. The predicted octanol–water partition coefficient (Wildman–Crippen LogP) is 4.22. The number of ether oxygens (including phenoxy) is 2. The van der Waals surface area contributed by atoms with Gasteiger partial charge < -0.3 is 15.2 Å². The summed E-state index contributed by atoms with van der Waals surface area (Å²) in [6.07, 6.45) is 2.97. The Morgan fingerprint density at radius 3 is 2.41 bits per heavy atom. The molecule has 1 aliphatic carbocycles. The Morgan fingerprint density at radius 2 is 1.76 bits per heavy atom. The molecule has 0 atom stereocenters. The molecule has 1 amide bonds. The average Bonchev–Trinajstić information content (AvgIpc) is 3.00. The summed E-state index contributed by atoms with van der Waals surface area (Å²) in [5, 5.41) is 0. The van der Waals surface area contributed by atoms with Crippen LogP contribution in [0.4, 0.5) is 0 Å². The monoisotopic (exact) mass is 391 g/mol. The number of allylic oxidation sites excluding steroid dienone is 2. The number of carbonyl (C=O) groups is 2. The molecule has 0 saturated carbocycles. The summed E-state index contributed by atoms with van der Waals surface area (Å²) >= 11 is 0. The van der Waals surface area contributed by atoms with Gasteiger partial charge in [0.25, 0.3) is 0 Å². The number of carbonyl (C=O) groups excluding carboxylic acids is 2. The lowest BCUT2D eigenvalue weighted by atomic mass is 9.98. The van der Waals surface area contributed by atoms with E-state index < -0.39 is 11.9 Å². The molecule has 2 aromatic rings. The van der Waals surface area contributed by atoms with Gasteiger partial charge in [-0.1, -0.05) is 49.4 Å². The molecule has 5 heteroatoms. The van der Waals surface area contributed by atoms with Gasteiger partial charge in [0.1, 0.15) is 5.75 Å².